The molecule has 1 rings (SSSR count). The first-order chi connectivity index (χ1) is 7.13. The Morgan fingerprint density at radius 3 is 2.25 bits per heavy atom. The van der Waals surface area contributed by atoms with Gasteiger partial charge in [-0.05, 0) is 42.8 Å². The van der Waals surface area contributed by atoms with Crippen LogP contribution in [0.25, 0.3) is 0 Å². The van der Waals surface area contributed by atoms with Gasteiger partial charge < -0.3 is 4.43 Å². The van der Waals surface area contributed by atoms with Crippen LogP contribution < -0.4 is 4.43 Å². The van der Waals surface area contributed by atoms with E-state index in [0.29, 0.717) is 5.75 Å². The van der Waals surface area contributed by atoms with E-state index in [-0.39, 0.29) is 10.9 Å². The molecule has 0 heterocycles. The Morgan fingerprint density at radius 1 is 1.19 bits per heavy atom. The fourth-order valence-electron chi connectivity index (χ4n) is 1.12. The zero-order valence-corrected chi connectivity index (χ0v) is 12.0. The summed E-state index contributed by atoms with van der Waals surface area (Å²) >= 11 is 0. The lowest BCUT2D eigenvalue weighted by Crippen LogP contribution is -2.44. The molecule has 1 aromatic rings. The third-order valence-electron chi connectivity index (χ3n) is 3.26. The van der Waals surface area contributed by atoms with Crippen molar-refractivity contribution in [3.05, 3.63) is 29.6 Å². The van der Waals surface area contributed by atoms with Crippen molar-refractivity contribution in [3.63, 3.8) is 0 Å². The molecule has 0 radical (unpaired) electrons. The molecule has 0 spiro atoms. The van der Waals surface area contributed by atoms with Crippen molar-refractivity contribution < 1.29 is 8.82 Å². The van der Waals surface area contributed by atoms with Crippen LogP contribution in [-0.4, -0.2) is 8.32 Å². The van der Waals surface area contributed by atoms with E-state index >= 15 is 0 Å². The summed E-state index contributed by atoms with van der Waals surface area (Å²) in [6.45, 7) is 12.6. The third-order valence-corrected chi connectivity index (χ3v) is 7.60. The highest BCUT2D eigenvalue weighted by Gasteiger charge is 2.39. The van der Waals surface area contributed by atoms with Gasteiger partial charge in [-0.15, -0.1) is 0 Å². The zero-order chi connectivity index (χ0) is 12.6. The summed E-state index contributed by atoms with van der Waals surface area (Å²) in [4.78, 5) is 0. The standard InChI is InChI=1S/C13H21FOSi/c1-10-7-8-11(14)12(9-10)15-16(5,6)13(2,3)4/h7-9H,1-6H3. The van der Waals surface area contributed by atoms with Gasteiger partial charge in [0.05, 0.1) is 0 Å². The Morgan fingerprint density at radius 2 is 1.75 bits per heavy atom. The molecule has 0 aromatic heterocycles. The van der Waals surface area contributed by atoms with Crippen molar-refractivity contribution in [2.24, 2.45) is 0 Å². The largest absolute Gasteiger partial charge is 0.542 e. The second kappa shape index (κ2) is 4.21. The molecule has 0 saturated carbocycles. The lowest BCUT2D eigenvalue weighted by Gasteiger charge is -2.36. The molecule has 1 aromatic carbocycles. The number of hydrogen-bond acceptors (Lipinski definition) is 1. The Bertz CT molecular complexity index is 380. The van der Waals surface area contributed by atoms with Crippen molar-refractivity contribution in [1.29, 1.82) is 0 Å². The molecule has 0 aliphatic heterocycles. The van der Waals surface area contributed by atoms with Gasteiger partial charge in [0.2, 0.25) is 0 Å². The summed E-state index contributed by atoms with van der Waals surface area (Å²) in [5.74, 6) is 0.127. The van der Waals surface area contributed by atoms with E-state index in [9.17, 15) is 4.39 Å². The van der Waals surface area contributed by atoms with Gasteiger partial charge in [-0.1, -0.05) is 26.8 Å². The highest BCUT2D eigenvalue weighted by molar-refractivity contribution is 6.74. The predicted molar refractivity (Wildman–Crippen MR) is 69.0 cm³/mol. The Kier molecular flexibility index (Phi) is 3.48. The Balaban J connectivity index is 3.01. The molecule has 0 amide bonds. The van der Waals surface area contributed by atoms with Crippen LogP contribution in [0.5, 0.6) is 5.75 Å². The quantitative estimate of drug-likeness (QED) is 0.691. The Hall–Kier alpha value is -0.833. The molecule has 0 atom stereocenters. The van der Waals surface area contributed by atoms with E-state index in [4.69, 9.17) is 4.43 Å². The number of rotatable bonds is 2. The fourth-order valence-corrected chi connectivity index (χ4v) is 2.13. The normalized spacial score (nSPS) is 12.7. The van der Waals surface area contributed by atoms with Gasteiger partial charge in [0.1, 0.15) is 5.75 Å². The molecule has 0 aliphatic carbocycles. The number of hydrogen-bond donors (Lipinski definition) is 0. The summed E-state index contributed by atoms with van der Waals surface area (Å²) in [6, 6.07) is 5.00. The summed E-state index contributed by atoms with van der Waals surface area (Å²) in [6.07, 6.45) is 0. The van der Waals surface area contributed by atoms with Gasteiger partial charge in [0, 0.05) is 0 Å². The van der Waals surface area contributed by atoms with Crippen molar-refractivity contribution in [3.8, 4) is 5.75 Å². The zero-order valence-electron chi connectivity index (χ0n) is 11.0. The van der Waals surface area contributed by atoms with Gasteiger partial charge in [-0.2, -0.15) is 0 Å². The minimum atomic E-state index is -1.94. The second-order valence-corrected chi connectivity index (χ2v) is 10.5. The summed E-state index contributed by atoms with van der Waals surface area (Å²) in [7, 11) is -1.94. The van der Waals surface area contributed by atoms with E-state index in [1.54, 1.807) is 12.1 Å². The molecule has 1 nitrogen and oxygen atoms in total. The van der Waals surface area contributed by atoms with Crippen LogP contribution in [0.1, 0.15) is 26.3 Å². The fraction of sp³-hybridized carbons (Fsp3) is 0.538. The molecule has 0 unspecified atom stereocenters. The first-order valence-electron chi connectivity index (χ1n) is 5.59. The van der Waals surface area contributed by atoms with Crippen LogP contribution in [0.2, 0.25) is 18.1 Å². The predicted octanol–water partition coefficient (Wildman–Crippen LogP) is 4.52. The van der Waals surface area contributed by atoms with Crippen LogP contribution in [-0.2, 0) is 0 Å². The van der Waals surface area contributed by atoms with Crippen LogP contribution in [0.3, 0.4) is 0 Å². The summed E-state index contributed by atoms with van der Waals surface area (Å²) < 4.78 is 19.5. The van der Waals surface area contributed by atoms with Gasteiger partial charge in [0.15, 0.2) is 5.82 Å². The molecule has 16 heavy (non-hydrogen) atoms. The molecule has 90 valence electrons. The average molecular weight is 240 g/mol. The topological polar surface area (TPSA) is 9.23 Å². The van der Waals surface area contributed by atoms with Crippen LogP contribution >= 0.6 is 0 Å². The molecular weight excluding hydrogens is 219 g/mol. The maximum absolute atomic E-state index is 13.6. The molecule has 0 N–H and O–H groups in total. The van der Waals surface area contributed by atoms with Gasteiger partial charge in [-0.25, -0.2) is 4.39 Å². The SMILES string of the molecule is Cc1ccc(F)c(O[Si](C)(C)C(C)(C)C)c1. The molecule has 0 fully saturated rings. The van der Waals surface area contributed by atoms with Crippen molar-refractivity contribution in [1.82, 2.24) is 0 Å². The minimum Gasteiger partial charge on any atom is -0.542 e. The number of halogens is 1. The van der Waals surface area contributed by atoms with Crippen molar-refractivity contribution in [2.45, 2.75) is 45.8 Å². The van der Waals surface area contributed by atoms with Gasteiger partial charge in [0.25, 0.3) is 8.32 Å². The molecular formula is C13H21FOSi. The van der Waals surface area contributed by atoms with Gasteiger partial charge in [-0.3, -0.25) is 0 Å². The average Bonchev–Trinajstić information content (AvgIpc) is 2.09. The van der Waals surface area contributed by atoms with Crippen LogP contribution in [0, 0.1) is 12.7 Å². The monoisotopic (exact) mass is 240 g/mol. The van der Waals surface area contributed by atoms with Gasteiger partial charge >= 0.3 is 0 Å². The summed E-state index contributed by atoms with van der Waals surface area (Å²) in [5.41, 5.74) is 1.02. The second-order valence-electron chi connectivity index (χ2n) is 5.80. The van der Waals surface area contributed by atoms with E-state index in [1.165, 1.54) is 6.07 Å². The van der Waals surface area contributed by atoms with E-state index in [2.05, 4.69) is 33.9 Å². The minimum absolute atomic E-state index is 0.0865. The lowest BCUT2D eigenvalue weighted by atomic mass is 10.2. The smallest absolute Gasteiger partial charge is 0.250 e. The molecule has 3 heteroatoms. The van der Waals surface area contributed by atoms with Crippen molar-refractivity contribution in [2.75, 3.05) is 0 Å². The molecule has 0 aliphatic rings. The molecule has 0 bridgehead atoms. The highest BCUT2D eigenvalue weighted by Crippen LogP contribution is 2.38. The highest BCUT2D eigenvalue weighted by atomic mass is 28.4. The first kappa shape index (κ1) is 13.2. The number of aryl methyl sites for hydroxylation is 1. The van der Waals surface area contributed by atoms with E-state index in [0.717, 1.165) is 5.56 Å². The lowest BCUT2D eigenvalue weighted by molar-refractivity contribution is 0.456. The maximum Gasteiger partial charge on any atom is 0.250 e. The van der Waals surface area contributed by atoms with E-state index in [1.807, 2.05) is 6.92 Å². The summed E-state index contributed by atoms with van der Waals surface area (Å²) in [5, 5.41) is 0.0865. The van der Waals surface area contributed by atoms with Crippen LogP contribution in [0.4, 0.5) is 4.39 Å². The third kappa shape index (κ3) is 2.85. The molecule has 0 saturated heterocycles. The van der Waals surface area contributed by atoms with Crippen LogP contribution in [0.15, 0.2) is 18.2 Å². The van der Waals surface area contributed by atoms with Crippen molar-refractivity contribution >= 4 is 8.32 Å². The Labute approximate surface area is 98.8 Å². The maximum atomic E-state index is 13.6. The first-order valence-corrected chi connectivity index (χ1v) is 8.49. The van der Waals surface area contributed by atoms with E-state index < -0.39 is 8.32 Å². The number of benzene rings is 1.